The second-order valence-electron chi connectivity index (χ2n) is 15.7. The summed E-state index contributed by atoms with van der Waals surface area (Å²) in [4.78, 5) is 48.0. The van der Waals surface area contributed by atoms with Gasteiger partial charge in [0.05, 0.1) is 156 Å². The average molecular weight is 1100 g/mol. The highest BCUT2D eigenvalue weighted by Gasteiger charge is 2.10. The second kappa shape index (κ2) is 47.0. The molecule has 0 unspecified atom stereocenters. The molecule has 2 aromatic rings. The van der Waals surface area contributed by atoms with Gasteiger partial charge in [0, 0.05) is 44.4 Å². The zero-order valence-electron chi connectivity index (χ0n) is 44.5. The molecular weight excluding hydrogens is 1010 g/mol. The third-order valence-electron chi connectivity index (χ3n) is 9.60. The molecule has 26 nitrogen and oxygen atoms in total. The number of benzene rings is 1. The monoisotopic (exact) mass is 1100 g/mol. The van der Waals surface area contributed by atoms with Crippen molar-refractivity contribution in [3.8, 4) is 5.75 Å². The van der Waals surface area contributed by atoms with Crippen LogP contribution in [0.3, 0.4) is 0 Å². The first-order valence-electron chi connectivity index (χ1n) is 25.1. The van der Waals surface area contributed by atoms with Crippen molar-refractivity contribution in [2.75, 3.05) is 183 Å². The van der Waals surface area contributed by atoms with E-state index in [2.05, 4.69) is 44.0 Å². The molecule has 0 saturated carbocycles. The van der Waals surface area contributed by atoms with Crippen LogP contribution in [0.25, 0.3) is 6.08 Å². The molecule has 430 valence electrons. The minimum Gasteiger partial charge on any atom is -0.484 e. The minimum atomic E-state index is -0.335. The molecule has 3 rings (SSSR count). The number of hydroxylamine groups is 2. The lowest BCUT2D eigenvalue weighted by atomic mass is 10.1. The number of hydrogen-bond acceptors (Lipinski definition) is 22. The number of ether oxygens (including phenoxy) is 11. The standard InChI is InChI=1S/C39H72N8O15S.C10H11N3/c1-3-11-46(34-48)62-14-10-44-38(50)43-9-13-52-16-18-54-20-22-56-24-26-58-28-30-60-32-31-59-29-27-57-25-23-55-21-19-53-17-15-51-12-8-42-37(49)33-61-36-6-4-35(5-7-36)47(41)39(45-40)63-2;1-7-4-8-2-3-12-6-9(8)13-10(11)5-7/h4-7,34H,3,8-33,40-41H2,1-2H3,(H,42,49)(H2,43,44,50);2-4,6H,5H2,1H3,(H2,11,13)/b45-39+;. The van der Waals surface area contributed by atoms with Gasteiger partial charge in [-0.2, -0.15) is 5.10 Å². The van der Waals surface area contributed by atoms with Crippen LogP contribution < -0.4 is 43.1 Å². The van der Waals surface area contributed by atoms with Crippen LogP contribution in [0.1, 0.15) is 32.3 Å². The number of fused-ring (bicyclic) bond motifs is 1. The van der Waals surface area contributed by atoms with Crippen LogP contribution >= 0.6 is 11.8 Å². The summed E-state index contributed by atoms with van der Waals surface area (Å²) in [6.07, 6.45) is 9.56. The number of urea groups is 1. The highest BCUT2D eigenvalue weighted by Crippen LogP contribution is 2.24. The van der Waals surface area contributed by atoms with Crippen LogP contribution in [-0.2, 0) is 61.8 Å². The van der Waals surface area contributed by atoms with Gasteiger partial charge < -0.3 is 79.6 Å². The van der Waals surface area contributed by atoms with Gasteiger partial charge in [0.15, 0.2) is 6.61 Å². The van der Waals surface area contributed by atoms with E-state index in [1.165, 1.54) is 27.4 Å². The van der Waals surface area contributed by atoms with Crippen molar-refractivity contribution in [3.05, 3.63) is 53.9 Å². The molecule has 27 heteroatoms. The van der Waals surface area contributed by atoms with E-state index in [0.29, 0.717) is 181 Å². The number of anilines is 1. The van der Waals surface area contributed by atoms with E-state index in [1.54, 1.807) is 36.7 Å². The number of nitrogens with zero attached hydrogens (tertiary/aromatic N) is 5. The van der Waals surface area contributed by atoms with E-state index >= 15 is 0 Å². The molecule has 2 heterocycles. The molecular formula is C49H83N11O15S. The summed E-state index contributed by atoms with van der Waals surface area (Å²) >= 11 is 1.32. The Hall–Kier alpha value is -5.27. The molecule has 0 radical (unpaired) electrons. The average Bonchev–Trinajstić information content (AvgIpc) is 3.57. The van der Waals surface area contributed by atoms with Gasteiger partial charge in [0.1, 0.15) is 11.6 Å². The quantitative estimate of drug-likeness (QED) is 0.0137. The third-order valence-corrected chi connectivity index (χ3v) is 10.3. The maximum absolute atomic E-state index is 12.0. The second-order valence-corrected chi connectivity index (χ2v) is 16.5. The van der Waals surface area contributed by atoms with Gasteiger partial charge in [-0.3, -0.25) is 24.4 Å². The predicted molar refractivity (Wildman–Crippen MR) is 289 cm³/mol. The van der Waals surface area contributed by atoms with Gasteiger partial charge in [-0.1, -0.05) is 30.3 Å². The van der Waals surface area contributed by atoms with Crippen LogP contribution in [0.15, 0.2) is 58.4 Å². The molecule has 1 aliphatic heterocycles. The molecule has 4 amide bonds. The van der Waals surface area contributed by atoms with Gasteiger partial charge >= 0.3 is 6.03 Å². The van der Waals surface area contributed by atoms with Gasteiger partial charge in [0.2, 0.25) is 11.6 Å². The number of amidine groups is 2. The third kappa shape index (κ3) is 35.9. The SMILES string of the molecule is CC1=Cc2ccncc2N=C(N)C1.CCCN(C=O)OCCNC(=O)NCCOCCOCCOCCOCCOCCOCCOCCOCCOCCOCCNC(=O)COc1ccc(N(N)/C(=N\N)SC)cc1. The molecule has 76 heavy (non-hydrogen) atoms. The number of carbonyl (C=O) groups is 3. The number of thioether (sulfide) groups is 1. The molecule has 1 aliphatic rings. The number of amides is 4. The Morgan fingerprint density at radius 1 is 0.697 bits per heavy atom. The summed E-state index contributed by atoms with van der Waals surface area (Å²) in [5.41, 5.74) is 9.57. The van der Waals surface area contributed by atoms with Crippen molar-refractivity contribution in [1.82, 2.24) is 26.0 Å². The van der Waals surface area contributed by atoms with Crippen LogP contribution in [0.2, 0.25) is 0 Å². The Balaban J connectivity index is 0.00000130. The zero-order chi connectivity index (χ0) is 54.9. The Morgan fingerprint density at radius 2 is 1.16 bits per heavy atom. The largest absolute Gasteiger partial charge is 0.484 e. The molecule has 0 spiro atoms. The van der Waals surface area contributed by atoms with E-state index in [0.717, 1.165) is 24.1 Å². The zero-order valence-corrected chi connectivity index (χ0v) is 45.3. The van der Waals surface area contributed by atoms with Crippen LogP contribution in [0.5, 0.6) is 5.75 Å². The normalized spacial score (nSPS) is 12.1. The number of carbonyl (C=O) groups excluding carboxylic acids is 3. The molecule has 1 aromatic carbocycles. The number of pyridine rings is 1. The summed E-state index contributed by atoms with van der Waals surface area (Å²) in [5, 5.41) is 14.7. The number of nitrogens with one attached hydrogen (secondary N) is 3. The minimum absolute atomic E-state index is 0.128. The first-order chi connectivity index (χ1) is 37.2. The van der Waals surface area contributed by atoms with E-state index in [-0.39, 0.29) is 31.7 Å². The maximum Gasteiger partial charge on any atom is 0.314 e. The Morgan fingerprint density at radius 3 is 1.61 bits per heavy atom. The van der Waals surface area contributed by atoms with Crippen molar-refractivity contribution in [1.29, 1.82) is 0 Å². The van der Waals surface area contributed by atoms with Gasteiger partial charge in [-0.15, -0.1) is 0 Å². The van der Waals surface area contributed by atoms with Crippen molar-refractivity contribution in [3.63, 3.8) is 0 Å². The van der Waals surface area contributed by atoms with Gasteiger partial charge in [0.25, 0.3) is 5.91 Å². The number of rotatable bonds is 44. The van der Waals surface area contributed by atoms with E-state index < -0.39 is 0 Å². The fourth-order valence-corrected chi connectivity index (χ4v) is 6.38. The predicted octanol–water partition coefficient (Wildman–Crippen LogP) is 1.60. The topological polar surface area (TPSA) is 320 Å². The lowest BCUT2D eigenvalue weighted by Crippen LogP contribution is -2.39. The Kier molecular flexibility index (Phi) is 41.3. The first-order valence-corrected chi connectivity index (χ1v) is 26.4. The lowest BCUT2D eigenvalue weighted by Gasteiger charge is -2.18. The van der Waals surface area contributed by atoms with Crippen LogP contribution in [0, 0.1) is 0 Å². The number of nitrogens with two attached hydrogens (primary N) is 3. The molecule has 0 saturated heterocycles. The summed E-state index contributed by atoms with van der Waals surface area (Å²) in [5.74, 6) is 12.2. The fourth-order valence-electron chi connectivity index (χ4n) is 5.97. The number of aromatic nitrogens is 1. The number of hydrazone groups is 1. The molecule has 0 aliphatic carbocycles. The maximum atomic E-state index is 12.0. The van der Waals surface area contributed by atoms with Crippen molar-refractivity contribution < 1.29 is 71.3 Å². The number of hydrogen-bond donors (Lipinski definition) is 6. The molecule has 0 atom stereocenters. The summed E-state index contributed by atoms with van der Waals surface area (Å²) in [6.45, 7) is 14.2. The summed E-state index contributed by atoms with van der Waals surface area (Å²) in [7, 11) is 0. The Labute approximate surface area is 451 Å². The first kappa shape index (κ1) is 66.8. The number of aliphatic imine (C=N–C) groups is 1. The highest BCUT2D eigenvalue weighted by molar-refractivity contribution is 8.13. The van der Waals surface area contributed by atoms with E-state index in [9.17, 15) is 14.4 Å². The summed E-state index contributed by atoms with van der Waals surface area (Å²) < 4.78 is 60.3. The molecule has 9 N–H and O–H groups in total. The van der Waals surface area contributed by atoms with Gasteiger partial charge in [-0.05, 0) is 49.9 Å². The van der Waals surface area contributed by atoms with Crippen molar-refractivity contribution in [2.45, 2.75) is 26.7 Å². The van der Waals surface area contributed by atoms with Crippen molar-refractivity contribution >= 4 is 58.6 Å². The molecule has 0 bridgehead atoms. The van der Waals surface area contributed by atoms with E-state index in [4.69, 9.17) is 74.4 Å². The van der Waals surface area contributed by atoms with E-state index in [1.807, 2.05) is 19.2 Å². The smallest absolute Gasteiger partial charge is 0.314 e. The van der Waals surface area contributed by atoms with Crippen LogP contribution in [-0.4, -0.2) is 217 Å². The molecule has 1 aromatic heterocycles. The Bertz CT molecular complexity index is 1860. The van der Waals surface area contributed by atoms with Crippen molar-refractivity contribution in [2.24, 2.45) is 27.5 Å². The fraction of sp³-hybridized carbons (Fsp3) is 0.633. The number of hydrazine groups is 1. The highest BCUT2D eigenvalue weighted by atomic mass is 32.2. The van der Waals surface area contributed by atoms with Gasteiger partial charge in [-0.25, -0.2) is 20.7 Å². The molecule has 0 fully saturated rings. The van der Waals surface area contributed by atoms with Crippen LogP contribution in [0.4, 0.5) is 16.2 Å². The lowest BCUT2D eigenvalue weighted by molar-refractivity contribution is -0.171. The summed E-state index contributed by atoms with van der Waals surface area (Å²) in [6, 6.07) is 8.49.